The number of hydrogen-bond donors (Lipinski definition) is 0. The predicted octanol–water partition coefficient (Wildman–Crippen LogP) is 5.72. The zero-order valence-electron chi connectivity index (χ0n) is 21.2. The molecule has 3 fully saturated rings. The summed E-state index contributed by atoms with van der Waals surface area (Å²) in [5.41, 5.74) is 2.62. The van der Waals surface area contributed by atoms with E-state index < -0.39 is 0 Å². The highest BCUT2D eigenvalue weighted by atomic mass is 16.5. The van der Waals surface area contributed by atoms with Gasteiger partial charge in [0.15, 0.2) is 5.78 Å². The summed E-state index contributed by atoms with van der Waals surface area (Å²) in [6, 6.07) is 0. The molecule has 3 unspecified atom stereocenters. The summed E-state index contributed by atoms with van der Waals surface area (Å²) in [6.07, 6.45) is 13.2. The molecule has 0 aliphatic heterocycles. The average molecular weight is 469 g/mol. The van der Waals surface area contributed by atoms with Crippen molar-refractivity contribution in [1.82, 2.24) is 0 Å². The molecule has 5 aliphatic carbocycles. The van der Waals surface area contributed by atoms with Crippen molar-refractivity contribution < 1.29 is 23.9 Å². The van der Waals surface area contributed by atoms with Crippen LogP contribution in [0.2, 0.25) is 0 Å². The van der Waals surface area contributed by atoms with E-state index >= 15 is 0 Å². The van der Waals surface area contributed by atoms with Crippen LogP contribution in [-0.2, 0) is 23.9 Å². The summed E-state index contributed by atoms with van der Waals surface area (Å²) in [7, 11) is 0. The van der Waals surface area contributed by atoms with Gasteiger partial charge in [-0.2, -0.15) is 0 Å². The lowest BCUT2D eigenvalue weighted by molar-refractivity contribution is -0.152. The van der Waals surface area contributed by atoms with Crippen LogP contribution >= 0.6 is 0 Å². The van der Waals surface area contributed by atoms with Gasteiger partial charge >= 0.3 is 11.9 Å². The van der Waals surface area contributed by atoms with Crippen molar-refractivity contribution in [1.29, 1.82) is 0 Å². The molecule has 0 radical (unpaired) electrons. The first-order valence-electron chi connectivity index (χ1n) is 13.5. The van der Waals surface area contributed by atoms with Gasteiger partial charge in [-0.3, -0.25) is 14.4 Å². The maximum atomic E-state index is 13.7. The second kappa shape index (κ2) is 8.64. The van der Waals surface area contributed by atoms with Crippen molar-refractivity contribution in [3.8, 4) is 0 Å². The maximum absolute atomic E-state index is 13.7. The van der Waals surface area contributed by atoms with Gasteiger partial charge in [-0.05, 0) is 80.1 Å². The summed E-state index contributed by atoms with van der Waals surface area (Å²) in [4.78, 5) is 37.6. The van der Waals surface area contributed by atoms with Gasteiger partial charge in [-0.25, -0.2) is 0 Å². The molecule has 0 bridgehead atoms. The van der Waals surface area contributed by atoms with E-state index in [1.165, 1.54) is 24.5 Å². The summed E-state index contributed by atoms with van der Waals surface area (Å²) < 4.78 is 11.6. The minimum atomic E-state index is -0.212. The smallest absolute Gasteiger partial charge is 0.305 e. The minimum Gasteiger partial charge on any atom is -0.462 e. The first-order valence-corrected chi connectivity index (χ1v) is 13.5. The molecule has 0 aromatic carbocycles. The number of ether oxygens (including phenoxy) is 2. The van der Waals surface area contributed by atoms with E-state index in [1.54, 1.807) is 0 Å². The van der Waals surface area contributed by atoms with Crippen LogP contribution in [0.25, 0.3) is 0 Å². The molecule has 0 aromatic heterocycles. The van der Waals surface area contributed by atoms with E-state index in [-0.39, 0.29) is 58.5 Å². The first kappa shape index (κ1) is 23.8. The Balaban J connectivity index is 1.46. The van der Waals surface area contributed by atoms with Gasteiger partial charge in [0.25, 0.3) is 0 Å². The van der Waals surface area contributed by atoms with Gasteiger partial charge in [-0.1, -0.05) is 38.0 Å². The van der Waals surface area contributed by atoms with Crippen LogP contribution < -0.4 is 0 Å². The van der Waals surface area contributed by atoms with Crippen molar-refractivity contribution in [2.45, 2.75) is 104 Å². The van der Waals surface area contributed by atoms with E-state index in [0.29, 0.717) is 18.8 Å². The quantitative estimate of drug-likeness (QED) is 0.390. The molecule has 3 saturated carbocycles. The van der Waals surface area contributed by atoms with Crippen molar-refractivity contribution >= 4 is 17.7 Å². The van der Waals surface area contributed by atoms with Crippen molar-refractivity contribution in [2.75, 3.05) is 0 Å². The zero-order chi connectivity index (χ0) is 24.3. The standard InChI is InChI=1S/C29H40O5/c1-5-25(32)34-20-10-12-28(3)19(14-20)15-23(31)26-21(28)11-13-29(4)22(26)16-24(33-17(2)30)27(29)18-8-6-7-9-18/h8,15,20-22,24,26-27H,5-7,9-14,16H2,1-4H3/t20-,21?,22?,24+,26?,27-,28-,29-/m0/s1. The Hall–Kier alpha value is -1.91. The Morgan fingerprint density at radius 1 is 1.12 bits per heavy atom. The molecular formula is C29H40O5. The number of carbonyl (C=O) groups excluding carboxylic acids is 3. The van der Waals surface area contributed by atoms with E-state index in [0.717, 1.165) is 44.9 Å². The highest BCUT2D eigenvalue weighted by Crippen LogP contribution is 2.67. The molecule has 34 heavy (non-hydrogen) atoms. The van der Waals surface area contributed by atoms with Gasteiger partial charge in [0.05, 0.1) is 0 Å². The lowest BCUT2D eigenvalue weighted by Gasteiger charge is -2.57. The molecule has 8 atom stereocenters. The lowest BCUT2D eigenvalue weighted by Crippen LogP contribution is -2.53. The van der Waals surface area contributed by atoms with Crippen LogP contribution in [0.3, 0.4) is 0 Å². The monoisotopic (exact) mass is 468 g/mol. The fourth-order valence-electron chi connectivity index (χ4n) is 8.70. The van der Waals surface area contributed by atoms with E-state index in [1.807, 2.05) is 13.0 Å². The third kappa shape index (κ3) is 3.69. The molecule has 186 valence electrons. The van der Waals surface area contributed by atoms with E-state index in [4.69, 9.17) is 9.47 Å². The number of ketones is 1. The Labute approximate surface area is 203 Å². The van der Waals surface area contributed by atoms with Gasteiger partial charge in [-0.15, -0.1) is 0 Å². The second-order valence-corrected chi connectivity index (χ2v) is 12.0. The molecular weight excluding hydrogens is 428 g/mol. The van der Waals surface area contributed by atoms with Crippen LogP contribution in [0.4, 0.5) is 0 Å². The Morgan fingerprint density at radius 2 is 1.91 bits per heavy atom. The van der Waals surface area contributed by atoms with Crippen LogP contribution in [-0.4, -0.2) is 29.9 Å². The number of rotatable bonds is 4. The fourth-order valence-corrected chi connectivity index (χ4v) is 8.70. The third-order valence-electron chi connectivity index (χ3n) is 10.3. The van der Waals surface area contributed by atoms with E-state index in [9.17, 15) is 14.4 Å². The zero-order valence-corrected chi connectivity index (χ0v) is 21.2. The molecule has 0 heterocycles. The summed E-state index contributed by atoms with van der Waals surface area (Å²) in [5.74, 6) is 0.662. The van der Waals surface area contributed by atoms with Gasteiger partial charge in [0, 0.05) is 31.6 Å². The molecule has 5 heteroatoms. The number of carbonyl (C=O) groups is 3. The van der Waals surface area contributed by atoms with Crippen LogP contribution in [0.5, 0.6) is 0 Å². The normalized spacial score (nSPS) is 43.2. The Bertz CT molecular complexity index is 946. The molecule has 5 nitrogen and oxygen atoms in total. The summed E-state index contributed by atoms with van der Waals surface area (Å²) in [6.45, 7) is 8.05. The number of allylic oxidation sites excluding steroid dienone is 2. The highest BCUT2D eigenvalue weighted by molar-refractivity contribution is 5.94. The van der Waals surface area contributed by atoms with E-state index in [2.05, 4.69) is 19.9 Å². The molecule has 0 amide bonds. The van der Waals surface area contributed by atoms with Crippen LogP contribution in [0.1, 0.15) is 91.9 Å². The summed E-state index contributed by atoms with van der Waals surface area (Å²) >= 11 is 0. The second-order valence-electron chi connectivity index (χ2n) is 12.0. The van der Waals surface area contributed by atoms with Gasteiger partial charge in [0.2, 0.25) is 0 Å². The van der Waals surface area contributed by atoms with Gasteiger partial charge < -0.3 is 9.47 Å². The third-order valence-corrected chi connectivity index (χ3v) is 10.3. The molecule has 5 aliphatic rings. The lowest BCUT2D eigenvalue weighted by atomic mass is 9.47. The van der Waals surface area contributed by atoms with Crippen molar-refractivity contribution in [3.05, 3.63) is 23.3 Å². The molecule has 0 spiro atoms. The fraction of sp³-hybridized carbons (Fsp3) is 0.759. The van der Waals surface area contributed by atoms with Crippen molar-refractivity contribution in [3.63, 3.8) is 0 Å². The minimum absolute atomic E-state index is 0.00713. The first-order chi connectivity index (χ1) is 16.2. The van der Waals surface area contributed by atoms with Gasteiger partial charge in [0.1, 0.15) is 12.2 Å². The Kier molecular flexibility index (Phi) is 6.05. The number of hydrogen-bond acceptors (Lipinski definition) is 5. The van der Waals surface area contributed by atoms with Crippen LogP contribution in [0, 0.1) is 34.5 Å². The average Bonchev–Trinajstić information content (AvgIpc) is 3.39. The maximum Gasteiger partial charge on any atom is 0.305 e. The molecule has 0 aromatic rings. The Morgan fingerprint density at radius 3 is 2.59 bits per heavy atom. The SMILES string of the molecule is CCC(=O)O[C@H]1CC[C@@]2(C)C(=CC(=O)C3C2CC[C@@]2(C)C3C[C@@H](OC(C)=O)[C@@H]2C2=CCCC2)C1. The van der Waals surface area contributed by atoms with Crippen LogP contribution in [0.15, 0.2) is 23.3 Å². The highest BCUT2D eigenvalue weighted by Gasteiger charge is 2.64. The molecule has 0 saturated heterocycles. The largest absolute Gasteiger partial charge is 0.462 e. The summed E-state index contributed by atoms with van der Waals surface area (Å²) in [5, 5.41) is 0. The topological polar surface area (TPSA) is 69.7 Å². The predicted molar refractivity (Wildman–Crippen MR) is 129 cm³/mol. The number of fused-ring (bicyclic) bond motifs is 5. The molecule has 0 N–H and O–H groups in total. The van der Waals surface area contributed by atoms with Crippen molar-refractivity contribution in [2.24, 2.45) is 34.5 Å². The molecule has 5 rings (SSSR count). The number of esters is 2.